The Bertz CT molecular complexity index is 695. The van der Waals surface area contributed by atoms with E-state index in [0.717, 1.165) is 10.6 Å². The normalized spacial score (nSPS) is 10.6. The molecule has 0 amide bonds. The number of aromatic nitrogens is 4. The number of hydrogen-bond acceptors (Lipinski definition) is 6. The molecule has 100 valence electrons. The van der Waals surface area contributed by atoms with Gasteiger partial charge in [-0.3, -0.25) is 9.36 Å². The van der Waals surface area contributed by atoms with Gasteiger partial charge in [0.2, 0.25) is 5.89 Å². The molecule has 2 N–H and O–H groups in total. The number of rotatable bonds is 4. The number of hydrogen-bond donors (Lipinski definition) is 2. The summed E-state index contributed by atoms with van der Waals surface area (Å²) in [4.78, 5) is 39.9. The third-order valence-corrected chi connectivity index (χ3v) is 2.37. The summed E-state index contributed by atoms with van der Waals surface area (Å²) in [5.74, 6) is -0.818. The van der Waals surface area contributed by atoms with Crippen molar-refractivity contribution in [3.05, 3.63) is 44.3 Å². The van der Waals surface area contributed by atoms with Crippen molar-refractivity contribution in [1.29, 1.82) is 0 Å². The number of aromatic amines is 1. The number of nitrogens with zero attached hydrogens (tertiary/aromatic N) is 3. The highest BCUT2D eigenvalue weighted by Gasteiger charge is 2.12. The van der Waals surface area contributed by atoms with Crippen LogP contribution in [0.3, 0.4) is 0 Å². The largest absolute Gasteiger partial charge is 0.477 e. The SMILES string of the molecule is CCc1noc(Cn2c(=O)cc(C(=O)O)[nH]c2=O)n1. The van der Waals surface area contributed by atoms with Crippen LogP contribution in [0.5, 0.6) is 0 Å². The molecule has 0 aliphatic rings. The van der Waals surface area contributed by atoms with Crippen LogP contribution < -0.4 is 11.2 Å². The molecular weight excluding hydrogens is 256 g/mol. The van der Waals surface area contributed by atoms with Crippen LogP contribution in [0.15, 0.2) is 20.2 Å². The first-order valence-electron chi connectivity index (χ1n) is 5.40. The quantitative estimate of drug-likeness (QED) is 0.742. The van der Waals surface area contributed by atoms with Crippen LogP contribution in [0.4, 0.5) is 0 Å². The van der Waals surface area contributed by atoms with Crippen LogP contribution in [0.1, 0.15) is 29.1 Å². The topological polar surface area (TPSA) is 131 Å². The summed E-state index contributed by atoms with van der Waals surface area (Å²) in [6.45, 7) is 1.62. The van der Waals surface area contributed by atoms with Crippen molar-refractivity contribution in [3.63, 3.8) is 0 Å². The zero-order valence-corrected chi connectivity index (χ0v) is 9.91. The molecular formula is C10H10N4O5. The molecule has 2 heterocycles. The van der Waals surface area contributed by atoms with Gasteiger partial charge in [-0.05, 0) is 0 Å². The maximum atomic E-state index is 11.6. The van der Waals surface area contributed by atoms with Crippen LogP contribution in [0, 0.1) is 0 Å². The van der Waals surface area contributed by atoms with Gasteiger partial charge in [-0.1, -0.05) is 12.1 Å². The van der Waals surface area contributed by atoms with E-state index in [1.807, 2.05) is 6.92 Å². The molecule has 0 bridgehead atoms. The number of carbonyl (C=O) groups is 1. The molecule has 0 fully saturated rings. The third-order valence-electron chi connectivity index (χ3n) is 2.37. The van der Waals surface area contributed by atoms with E-state index in [1.54, 1.807) is 0 Å². The van der Waals surface area contributed by atoms with Gasteiger partial charge in [-0.15, -0.1) is 0 Å². The van der Waals surface area contributed by atoms with E-state index in [-0.39, 0.29) is 12.4 Å². The Morgan fingerprint density at radius 2 is 2.26 bits per heavy atom. The summed E-state index contributed by atoms with van der Waals surface area (Å²) in [6.07, 6.45) is 0.562. The molecule has 0 aliphatic carbocycles. The van der Waals surface area contributed by atoms with E-state index in [9.17, 15) is 14.4 Å². The van der Waals surface area contributed by atoms with E-state index in [0.29, 0.717) is 12.2 Å². The summed E-state index contributed by atoms with van der Waals surface area (Å²) in [5.41, 5.74) is -2.07. The Hall–Kier alpha value is -2.71. The summed E-state index contributed by atoms with van der Waals surface area (Å²) >= 11 is 0. The number of H-pyrrole nitrogens is 1. The predicted octanol–water partition coefficient (Wildman–Crippen LogP) is -0.772. The molecule has 0 radical (unpaired) electrons. The van der Waals surface area contributed by atoms with Gasteiger partial charge in [0.05, 0.1) is 0 Å². The van der Waals surface area contributed by atoms with E-state index in [1.165, 1.54) is 0 Å². The lowest BCUT2D eigenvalue weighted by Gasteiger charge is -2.01. The molecule has 9 nitrogen and oxygen atoms in total. The van der Waals surface area contributed by atoms with Crippen molar-refractivity contribution in [1.82, 2.24) is 19.7 Å². The average Bonchev–Trinajstić information content (AvgIpc) is 2.81. The Balaban J connectivity index is 2.38. The van der Waals surface area contributed by atoms with Crippen molar-refractivity contribution in [2.24, 2.45) is 0 Å². The molecule has 0 saturated carbocycles. The first-order chi connectivity index (χ1) is 9.01. The second-order valence-corrected chi connectivity index (χ2v) is 3.68. The van der Waals surface area contributed by atoms with Gasteiger partial charge in [0, 0.05) is 12.5 Å². The monoisotopic (exact) mass is 266 g/mol. The van der Waals surface area contributed by atoms with Gasteiger partial charge in [0.25, 0.3) is 5.56 Å². The predicted molar refractivity (Wildman–Crippen MR) is 61.1 cm³/mol. The molecule has 19 heavy (non-hydrogen) atoms. The minimum atomic E-state index is -1.38. The lowest BCUT2D eigenvalue weighted by molar-refractivity contribution is 0.0689. The molecule has 0 spiro atoms. The van der Waals surface area contributed by atoms with Crippen molar-refractivity contribution >= 4 is 5.97 Å². The first kappa shape index (κ1) is 12.7. The maximum Gasteiger partial charge on any atom is 0.352 e. The van der Waals surface area contributed by atoms with Crippen molar-refractivity contribution in [2.45, 2.75) is 19.9 Å². The molecule has 0 aliphatic heterocycles. The Morgan fingerprint density at radius 3 is 2.79 bits per heavy atom. The van der Waals surface area contributed by atoms with Gasteiger partial charge < -0.3 is 14.6 Å². The zero-order chi connectivity index (χ0) is 14.0. The van der Waals surface area contributed by atoms with Gasteiger partial charge in [-0.25, -0.2) is 9.59 Å². The summed E-state index contributed by atoms with van der Waals surface area (Å²) in [5, 5.41) is 12.3. The molecule has 0 saturated heterocycles. The number of carboxylic acid groups (broad SMARTS) is 1. The fourth-order valence-electron chi connectivity index (χ4n) is 1.42. The second kappa shape index (κ2) is 4.88. The van der Waals surface area contributed by atoms with Crippen molar-refractivity contribution in [2.75, 3.05) is 0 Å². The van der Waals surface area contributed by atoms with E-state index in [4.69, 9.17) is 9.63 Å². The van der Waals surface area contributed by atoms with E-state index < -0.39 is 22.9 Å². The maximum absolute atomic E-state index is 11.6. The van der Waals surface area contributed by atoms with Crippen LogP contribution in [0.2, 0.25) is 0 Å². The highest BCUT2D eigenvalue weighted by molar-refractivity contribution is 5.84. The molecule has 0 atom stereocenters. The van der Waals surface area contributed by atoms with Crippen LogP contribution in [0.25, 0.3) is 0 Å². The molecule has 9 heteroatoms. The molecule has 2 aromatic rings. The minimum absolute atomic E-state index is 0.104. The lowest BCUT2D eigenvalue weighted by atomic mass is 10.4. The Morgan fingerprint density at radius 1 is 1.53 bits per heavy atom. The Kier molecular flexibility index (Phi) is 3.27. The fourth-order valence-corrected chi connectivity index (χ4v) is 1.42. The minimum Gasteiger partial charge on any atom is -0.477 e. The Labute approximate surface area is 105 Å². The van der Waals surface area contributed by atoms with Gasteiger partial charge in [0.1, 0.15) is 12.2 Å². The van der Waals surface area contributed by atoms with Gasteiger partial charge >= 0.3 is 11.7 Å². The van der Waals surface area contributed by atoms with E-state index >= 15 is 0 Å². The third kappa shape index (κ3) is 2.59. The second-order valence-electron chi connectivity index (χ2n) is 3.68. The van der Waals surface area contributed by atoms with Crippen LogP contribution in [-0.4, -0.2) is 30.8 Å². The summed E-state index contributed by atoms with van der Waals surface area (Å²) in [6, 6.07) is 0.820. The number of aromatic carboxylic acids is 1. The standard InChI is InChI=1S/C10H10N4O5/c1-2-6-12-7(19-13-6)4-14-8(15)3-5(9(16)17)11-10(14)18/h3H,2,4H2,1H3,(H,11,18)(H,16,17). The molecule has 2 rings (SSSR count). The number of nitrogens with one attached hydrogen (secondary N) is 1. The highest BCUT2D eigenvalue weighted by Crippen LogP contribution is 1.98. The van der Waals surface area contributed by atoms with Crippen LogP contribution in [-0.2, 0) is 13.0 Å². The first-order valence-corrected chi connectivity index (χ1v) is 5.40. The van der Waals surface area contributed by atoms with Crippen molar-refractivity contribution in [3.8, 4) is 0 Å². The van der Waals surface area contributed by atoms with E-state index in [2.05, 4.69) is 15.1 Å². The highest BCUT2D eigenvalue weighted by atomic mass is 16.5. The van der Waals surface area contributed by atoms with Gasteiger partial charge in [-0.2, -0.15) is 4.98 Å². The fraction of sp³-hybridized carbons (Fsp3) is 0.300. The van der Waals surface area contributed by atoms with Crippen molar-refractivity contribution < 1.29 is 14.4 Å². The summed E-state index contributed by atoms with van der Waals surface area (Å²) in [7, 11) is 0. The zero-order valence-electron chi connectivity index (χ0n) is 9.91. The smallest absolute Gasteiger partial charge is 0.352 e. The number of carboxylic acids is 1. The average molecular weight is 266 g/mol. The van der Waals surface area contributed by atoms with Crippen LogP contribution >= 0.6 is 0 Å². The molecule has 0 unspecified atom stereocenters. The number of aryl methyl sites for hydroxylation is 1. The molecule has 2 aromatic heterocycles. The van der Waals surface area contributed by atoms with Gasteiger partial charge in [0.15, 0.2) is 5.82 Å². The molecule has 0 aromatic carbocycles. The lowest BCUT2D eigenvalue weighted by Crippen LogP contribution is -2.36. The summed E-state index contributed by atoms with van der Waals surface area (Å²) < 4.78 is 5.63.